The van der Waals surface area contributed by atoms with Gasteiger partial charge in [-0.25, -0.2) is 9.07 Å². The molecule has 0 bridgehead atoms. The monoisotopic (exact) mass is 353 g/mol. The summed E-state index contributed by atoms with van der Waals surface area (Å²) in [5.74, 6) is -0.698. The van der Waals surface area contributed by atoms with Crippen LogP contribution in [0, 0.1) is 19.7 Å². The van der Waals surface area contributed by atoms with E-state index in [2.05, 4.69) is 5.32 Å². The van der Waals surface area contributed by atoms with Crippen LogP contribution in [0.3, 0.4) is 0 Å². The van der Waals surface area contributed by atoms with Gasteiger partial charge in [0.05, 0.1) is 17.9 Å². The summed E-state index contributed by atoms with van der Waals surface area (Å²) in [5.41, 5.74) is 2.33. The standard InChI is InChI=1S/C20H20FN3O2/c1-13-9-10-15(11-17(13)21)18(25)12-22-19-14(2)23(3)24(20(19)26)16-7-5-4-6-8-16/h4-11,22H,12H2,1-3H3. The number of ketones is 1. The van der Waals surface area contributed by atoms with E-state index in [1.807, 2.05) is 30.3 Å². The number of halogens is 1. The maximum absolute atomic E-state index is 13.6. The fourth-order valence-electron chi connectivity index (χ4n) is 2.81. The summed E-state index contributed by atoms with van der Waals surface area (Å²) < 4.78 is 16.9. The summed E-state index contributed by atoms with van der Waals surface area (Å²) in [7, 11) is 1.78. The highest BCUT2D eigenvalue weighted by molar-refractivity contribution is 5.99. The van der Waals surface area contributed by atoms with Crippen LogP contribution in [0.25, 0.3) is 5.69 Å². The van der Waals surface area contributed by atoms with Crippen LogP contribution >= 0.6 is 0 Å². The molecule has 0 radical (unpaired) electrons. The van der Waals surface area contributed by atoms with Crippen molar-refractivity contribution in [1.82, 2.24) is 9.36 Å². The van der Waals surface area contributed by atoms with Gasteiger partial charge < -0.3 is 5.32 Å². The van der Waals surface area contributed by atoms with Gasteiger partial charge in [0.1, 0.15) is 11.5 Å². The highest BCUT2D eigenvalue weighted by Gasteiger charge is 2.17. The molecule has 6 heteroatoms. The summed E-state index contributed by atoms with van der Waals surface area (Å²) in [4.78, 5) is 25.1. The maximum Gasteiger partial charge on any atom is 0.295 e. The Bertz CT molecular complexity index is 1020. The Hall–Kier alpha value is -3.15. The number of carbonyl (C=O) groups is 1. The van der Waals surface area contributed by atoms with Gasteiger partial charge in [-0.2, -0.15) is 0 Å². The van der Waals surface area contributed by atoms with Gasteiger partial charge in [0.2, 0.25) is 0 Å². The van der Waals surface area contributed by atoms with E-state index in [0.717, 1.165) is 5.69 Å². The zero-order valence-corrected chi connectivity index (χ0v) is 14.9. The summed E-state index contributed by atoms with van der Waals surface area (Å²) >= 11 is 0. The third-order valence-electron chi connectivity index (χ3n) is 4.47. The number of benzene rings is 2. The number of hydrogen-bond acceptors (Lipinski definition) is 3. The van der Waals surface area contributed by atoms with E-state index >= 15 is 0 Å². The molecule has 3 aromatic rings. The van der Waals surface area contributed by atoms with E-state index in [1.54, 1.807) is 37.7 Å². The van der Waals surface area contributed by atoms with Gasteiger partial charge in [-0.05, 0) is 37.6 Å². The van der Waals surface area contributed by atoms with Crippen LogP contribution in [0.1, 0.15) is 21.6 Å². The maximum atomic E-state index is 13.6. The predicted molar refractivity (Wildman–Crippen MR) is 99.7 cm³/mol. The fourth-order valence-corrected chi connectivity index (χ4v) is 2.81. The van der Waals surface area contributed by atoms with Crippen molar-refractivity contribution < 1.29 is 9.18 Å². The second-order valence-corrected chi connectivity index (χ2v) is 6.18. The Morgan fingerprint density at radius 3 is 2.46 bits per heavy atom. The van der Waals surface area contributed by atoms with Gasteiger partial charge in [0, 0.05) is 12.6 Å². The van der Waals surface area contributed by atoms with Crippen LogP contribution in [0.15, 0.2) is 53.3 Å². The lowest BCUT2D eigenvalue weighted by atomic mass is 10.1. The Labute approximate surface area is 150 Å². The van der Waals surface area contributed by atoms with E-state index in [9.17, 15) is 14.0 Å². The van der Waals surface area contributed by atoms with Crippen LogP contribution in [-0.4, -0.2) is 21.7 Å². The molecule has 0 atom stereocenters. The van der Waals surface area contributed by atoms with Crippen LogP contribution in [0.4, 0.5) is 10.1 Å². The number of nitrogens with one attached hydrogen (secondary N) is 1. The molecular formula is C20H20FN3O2. The molecule has 2 aromatic carbocycles. The largest absolute Gasteiger partial charge is 0.372 e. The highest BCUT2D eigenvalue weighted by atomic mass is 19.1. The average Bonchev–Trinajstić information content (AvgIpc) is 2.85. The molecule has 0 unspecified atom stereocenters. The Kier molecular flexibility index (Phi) is 4.75. The van der Waals surface area contributed by atoms with E-state index in [0.29, 0.717) is 16.9 Å². The molecule has 0 saturated carbocycles. The van der Waals surface area contributed by atoms with Gasteiger partial charge in [0.25, 0.3) is 5.56 Å². The number of Topliss-reactive ketones (excluding diaryl/α,β-unsaturated/α-hetero) is 1. The topological polar surface area (TPSA) is 56.0 Å². The number of carbonyl (C=O) groups excluding carboxylic acids is 1. The highest BCUT2D eigenvalue weighted by Crippen LogP contribution is 2.15. The summed E-state index contributed by atoms with van der Waals surface area (Å²) in [6.45, 7) is 3.36. The lowest BCUT2D eigenvalue weighted by Crippen LogP contribution is -2.23. The van der Waals surface area contributed by atoms with Crippen molar-refractivity contribution in [2.75, 3.05) is 11.9 Å². The summed E-state index contributed by atoms with van der Waals surface area (Å²) in [6, 6.07) is 13.6. The molecule has 0 aliphatic rings. The van der Waals surface area contributed by atoms with Crippen LogP contribution in [0.2, 0.25) is 0 Å². The molecule has 0 saturated heterocycles. The Morgan fingerprint density at radius 1 is 1.12 bits per heavy atom. The Balaban J connectivity index is 1.86. The van der Waals surface area contributed by atoms with Gasteiger partial charge in [0.15, 0.2) is 5.78 Å². The van der Waals surface area contributed by atoms with Gasteiger partial charge >= 0.3 is 0 Å². The molecule has 26 heavy (non-hydrogen) atoms. The SMILES string of the molecule is Cc1ccc(C(=O)CNc2c(C)n(C)n(-c3ccccc3)c2=O)cc1F. The lowest BCUT2D eigenvalue weighted by molar-refractivity contribution is 0.101. The number of aryl methyl sites for hydroxylation is 1. The average molecular weight is 353 g/mol. The molecule has 3 rings (SSSR count). The summed E-state index contributed by atoms with van der Waals surface area (Å²) in [5, 5.41) is 2.92. The van der Waals surface area contributed by atoms with Crippen molar-refractivity contribution in [2.45, 2.75) is 13.8 Å². The lowest BCUT2D eigenvalue weighted by Gasteiger charge is -2.07. The molecule has 0 amide bonds. The molecule has 0 fully saturated rings. The number of nitrogens with zero attached hydrogens (tertiary/aromatic N) is 2. The van der Waals surface area contributed by atoms with E-state index in [1.165, 1.54) is 10.7 Å². The number of anilines is 1. The van der Waals surface area contributed by atoms with Crippen LogP contribution in [-0.2, 0) is 7.05 Å². The van der Waals surface area contributed by atoms with Gasteiger partial charge in [-0.1, -0.05) is 30.3 Å². The molecule has 134 valence electrons. The van der Waals surface area contributed by atoms with Crippen molar-refractivity contribution in [1.29, 1.82) is 0 Å². The normalized spacial score (nSPS) is 10.8. The zero-order chi connectivity index (χ0) is 18.8. The first-order valence-corrected chi connectivity index (χ1v) is 8.27. The van der Waals surface area contributed by atoms with Gasteiger partial charge in [-0.3, -0.25) is 14.3 Å². The number of rotatable bonds is 5. The molecule has 0 spiro atoms. The van der Waals surface area contributed by atoms with E-state index in [-0.39, 0.29) is 23.5 Å². The Morgan fingerprint density at radius 2 is 1.81 bits per heavy atom. The number of para-hydroxylation sites is 1. The zero-order valence-electron chi connectivity index (χ0n) is 14.9. The molecule has 5 nitrogen and oxygen atoms in total. The van der Waals surface area contributed by atoms with Crippen molar-refractivity contribution in [3.05, 3.63) is 81.5 Å². The van der Waals surface area contributed by atoms with Crippen molar-refractivity contribution in [2.24, 2.45) is 7.05 Å². The molecule has 0 aliphatic heterocycles. The third kappa shape index (κ3) is 3.18. The minimum absolute atomic E-state index is 0.0859. The second-order valence-electron chi connectivity index (χ2n) is 6.18. The first-order valence-electron chi connectivity index (χ1n) is 8.27. The van der Waals surface area contributed by atoms with Crippen molar-refractivity contribution >= 4 is 11.5 Å². The first kappa shape index (κ1) is 17.7. The van der Waals surface area contributed by atoms with E-state index < -0.39 is 5.82 Å². The second kappa shape index (κ2) is 7.00. The number of hydrogen-bond donors (Lipinski definition) is 1. The smallest absolute Gasteiger partial charge is 0.295 e. The first-order chi connectivity index (χ1) is 12.4. The number of aromatic nitrogens is 2. The summed E-state index contributed by atoms with van der Waals surface area (Å²) in [6.07, 6.45) is 0. The van der Waals surface area contributed by atoms with E-state index in [4.69, 9.17) is 0 Å². The third-order valence-corrected chi connectivity index (χ3v) is 4.47. The minimum Gasteiger partial charge on any atom is -0.372 e. The quantitative estimate of drug-likeness (QED) is 0.717. The fraction of sp³-hybridized carbons (Fsp3) is 0.200. The minimum atomic E-state index is -0.418. The molecule has 1 aromatic heterocycles. The van der Waals surface area contributed by atoms with Crippen LogP contribution in [0.5, 0.6) is 0 Å². The predicted octanol–water partition coefficient (Wildman–Crippen LogP) is 3.23. The molecular weight excluding hydrogens is 333 g/mol. The van der Waals surface area contributed by atoms with Gasteiger partial charge in [-0.15, -0.1) is 0 Å². The van der Waals surface area contributed by atoms with Crippen molar-refractivity contribution in [3.63, 3.8) is 0 Å². The van der Waals surface area contributed by atoms with Crippen molar-refractivity contribution in [3.8, 4) is 5.69 Å². The van der Waals surface area contributed by atoms with Crippen LogP contribution < -0.4 is 10.9 Å². The molecule has 1 N–H and O–H groups in total. The molecule has 0 aliphatic carbocycles. The molecule has 1 heterocycles.